The van der Waals surface area contributed by atoms with Gasteiger partial charge in [0.1, 0.15) is 5.75 Å². The predicted molar refractivity (Wildman–Crippen MR) is 130 cm³/mol. The lowest BCUT2D eigenvalue weighted by Crippen LogP contribution is -2.57. The number of aromatic hydroxyl groups is 1. The number of para-hydroxylation sites is 1. The fraction of sp³-hybridized carbons (Fsp3) is 0.615. The first-order valence-electron chi connectivity index (χ1n) is 12.5. The van der Waals surface area contributed by atoms with E-state index in [2.05, 4.69) is 26.9 Å². The summed E-state index contributed by atoms with van der Waals surface area (Å²) >= 11 is 0. The Labute approximate surface area is 191 Å². The SMILES string of the molecule is CC1CCCCCC(N2C3CCC2CN(c2cc(-c4ccccc4O)nnc2N)C3)CC1. The van der Waals surface area contributed by atoms with Gasteiger partial charge in [-0.2, -0.15) is 0 Å². The van der Waals surface area contributed by atoms with E-state index >= 15 is 0 Å². The molecule has 1 aromatic heterocycles. The molecule has 32 heavy (non-hydrogen) atoms. The smallest absolute Gasteiger partial charge is 0.169 e. The molecule has 0 spiro atoms. The van der Waals surface area contributed by atoms with Gasteiger partial charge in [-0.25, -0.2) is 0 Å². The van der Waals surface area contributed by atoms with Crippen LogP contribution in [0.5, 0.6) is 5.75 Å². The maximum Gasteiger partial charge on any atom is 0.169 e. The maximum absolute atomic E-state index is 10.3. The van der Waals surface area contributed by atoms with Gasteiger partial charge < -0.3 is 15.7 Å². The topological polar surface area (TPSA) is 78.5 Å². The van der Waals surface area contributed by atoms with E-state index in [1.165, 1.54) is 57.8 Å². The van der Waals surface area contributed by atoms with Crippen LogP contribution in [0.1, 0.15) is 64.7 Å². The Morgan fingerprint density at radius 1 is 0.875 bits per heavy atom. The zero-order chi connectivity index (χ0) is 22.1. The first kappa shape index (κ1) is 21.5. The fourth-order valence-electron chi connectivity index (χ4n) is 6.31. The number of rotatable bonds is 3. The Morgan fingerprint density at radius 3 is 2.38 bits per heavy atom. The van der Waals surface area contributed by atoms with Gasteiger partial charge in [0.15, 0.2) is 5.82 Å². The van der Waals surface area contributed by atoms with Crippen molar-refractivity contribution in [1.82, 2.24) is 15.1 Å². The van der Waals surface area contributed by atoms with Gasteiger partial charge in [0.2, 0.25) is 0 Å². The van der Waals surface area contributed by atoms with E-state index in [1.54, 1.807) is 6.07 Å². The first-order valence-corrected chi connectivity index (χ1v) is 12.5. The van der Waals surface area contributed by atoms with Crippen molar-refractivity contribution in [3.63, 3.8) is 0 Å². The number of anilines is 2. The van der Waals surface area contributed by atoms with Gasteiger partial charge in [0.25, 0.3) is 0 Å². The number of aromatic nitrogens is 2. The molecular weight excluding hydrogens is 398 g/mol. The second-order valence-corrected chi connectivity index (χ2v) is 10.2. The van der Waals surface area contributed by atoms with Gasteiger partial charge in [-0.1, -0.05) is 44.7 Å². The van der Waals surface area contributed by atoms with Crippen molar-refractivity contribution in [3.8, 4) is 17.0 Å². The molecular formula is C26H37N5O. The molecule has 2 aromatic rings. The van der Waals surface area contributed by atoms with E-state index in [4.69, 9.17) is 5.73 Å². The van der Waals surface area contributed by atoms with Crippen LogP contribution in [-0.4, -0.2) is 51.4 Å². The summed E-state index contributed by atoms with van der Waals surface area (Å²) in [7, 11) is 0. The van der Waals surface area contributed by atoms with Crippen molar-refractivity contribution in [2.45, 2.75) is 82.8 Å². The molecule has 5 rings (SSSR count). The van der Waals surface area contributed by atoms with Crippen LogP contribution in [0.4, 0.5) is 11.5 Å². The molecule has 3 heterocycles. The van der Waals surface area contributed by atoms with Gasteiger partial charge in [0, 0.05) is 36.8 Å². The van der Waals surface area contributed by atoms with E-state index in [9.17, 15) is 5.11 Å². The molecule has 1 aliphatic carbocycles. The van der Waals surface area contributed by atoms with Crippen LogP contribution in [0.25, 0.3) is 11.3 Å². The highest BCUT2D eigenvalue weighted by atomic mass is 16.3. The summed E-state index contributed by atoms with van der Waals surface area (Å²) in [5, 5.41) is 18.8. The second-order valence-electron chi connectivity index (χ2n) is 10.2. The average Bonchev–Trinajstić information content (AvgIpc) is 3.10. The number of hydrogen-bond acceptors (Lipinski definition) is 6. The lowest BCUT2D eigenvalue weighted by Gasteiger charge is -2.46. The largest absolute Gasteiger partial charge is 0.507 e. The molecule has 172 valence electrons. The Hall–Kier alpha value is -2.34. The van der Waals surface area contributed by atoms with E-state index < -0.39 is 0 Å². The number of phenolic OH excluding ortho intramolecular Hbond substituents is 1. The number of piperazine rings is 1. The van der Waals surface area contributed by atoms with Crippen molar-refractivity contribution in [1.29, 1.82) is 0 Å². The molecule has 1 saturated carbocycles. The standard InChI is InChI=1S/C26H37N5O/c1-18-7-3-2-4-8-19(12-11-18)31-20-13-14-21(31)17-30(16-20)24-15-23(28-29-26(24)27)22-9-5-6-10-25(22)32/h5-6,9-10,15,18-21,32H,2-4,7-8,11-14,16-17H2,1H3,(H2,27,29). The Bertz CT molecular complexity index is 920. The minimum absolute atomic E-state index is 0.219. The van der Waals surface area contributed by atoms with Crippen LogP contribution < -0.4 is 10.6 Å². The monoisotopic (exact) mass is 435 g/mol. The minimum Gasteiger partial charge on any atom is -0.507 e. The van der Waals surface area contributed by atoms with Gasteiger partial charge in [-0.3, -0.25) is 4.90 Å². The fourth-order valence-corrected chi connectivity index (χ4v) is 6.31. The summed E-state index contributed by atoms with van der Waals surface area (Å²) in [6.07, 6.45) is 12.2. The molecule has 3 aliphatic rings. The highest BCUT2D eigenvalue weighted by Crippen LogP contribution is 2.39. The van der Waals surface area contributed by atoms with Crippen molar-refractivity contribution < 1.29 is 5.11 Å². The molecule has 0 amide bonds. The van der Waals surface area contributed by atoms with Crippen LogP contribution >= 0.6 is 0 Å². The van der Waals surface area contributed by atoms with Gasteiger partial charge in [-0.15, -0.1) is 10.2 Å². The highest BCUT2D eigenvalue weighted by molar-refractivity contribution is 5.74. The van der Waals surface area contributed by atoms with Crippen LogP contribution in [0.15, 0.2) is 30.3 Å². The van der Waals surface area contributed by atoms with Crippen molar-refractivity contribution >= 4 is 11.5 Å². The number of benzene rings is 1. The van der Waals surface area contributed by atoms with Crippen LogP contribution in [0.2, 0.25) is 0 Å². The molecule has 1 aromatic carbocycles. The van der Waals surface area contributed by atoms with Crippen molar-refractivity contribution in [3.05, 3.63) is 30.3 Å². The normalized spacial score (nSPS) is 29.3. The summed E-state index contributed by atoms with van der Waals surface area (Å²) in [6.45, 7) is 4.44. The molecule has 3 N–H and O–H groups in total. The molecule has 4 atom stereocenters. The number of nitrogens with zero attached hydrogens (tertiary/aromatic N) is 4. The Balaban J connectivity index is 1.35. The molecule has 0 radical (unpaired) electrons. The highest BCUT2D eigenvalue weighted by Gasteiger charge is 2.43. The lowest BCUT2D eigenvalue weighted by atomic mass is 9.95. The summed E-state index contributed by atoms with van der Waals surface area (Å²) in [4.78, 5) is 5.31. The van der Waals surface area contributed by atoms with E-state index in [0.717, 1.165) is 30.7 Å². The third-order valence-electron chi connectivity index (χ3n) is 8.01. The van der Waals surface area contributed by atoms with E-state index in [-0.39, 0.29) is 5.75 Å². The average molecular weight is 436 g/mol. The summed E-state index contributed by atoms with van der Waals surface area (Å²) < 4.78 is 0. The van der Waals surface area contributed by atoms with Crippen LogP contribution in [-0.2, 0) is 0 Å². The zero-order valence-corrected chi connectivity index (χ0v) is 19.3. The quantitative estimate of drug-likeness (QED) is 0.719. The predicted octanol–water partition coefficient (Wildman–Crippen LogP) is 4.83. The molecule has 3 fully saturated rings. The summed E-state index contributed by atoms with van der Waals surface area (Å²) in [6, 6.07) is 11.2. The Morgan fingerprint density at radius 2 is 1.59 bits per heavy atom. The summed E-state index contributed by atoms with van der Waals surface area (Å²) in [5.74, 6) is 1.56. The van der Waals surface area contributed by atoms with Gasteiger partial charge in [0.05, 0.1) is 11.4 Å². The second kappa shape index (κ2) is 9.26. The Kier molecular flexibility index (Phi) is 6.22. The molecule has 2 saturated heterocycles. The molecule has 4 unspecified atom stereocenters. The third-order valence-corrected chi connectivity index (χ3v) is 8.01. The zero-order valence-electron chi connectivity index (χ0n) is 19.3. The minimum atomic E-state index is 0.219. The summed E-state index contributed by atoms with van der Waals surface area (Å²) in [5.41, 5.74) is 8.63. The molecule has 6 heteroatoms. The molecule has 6 nitrogen and oxygen atoms in total. The van der Waals surface area contributed by atoms with Crippen molar-refractivity contribution in [2.24, 2.45) is 5.92 Å². The number of hydrogen-bond donors (Lipinski definition) is 2. The number of nitrogens with two attached hydrogens (primary N) is 1. The number of nitrogen functional groups attached to an aromatic ring is 1. The number of phenols is 1. The van der Waals surface area contributed by atoms with Crippen LogP contribution in [0, 0.1) is 5.92 Å². The maximum atomic E-state index is 10.3. The first-order chi connectivity index (χ1) is 15.6. The lowest BCUT2D eigenvalue weighted by molar-refractivity contribution is 0.0939. The van der Waals surface area contributed by atoms with Crippen molar-refractivity contribution in [2.75, 3.05) is 23.7 Å². The third kappa shape index (κ3) is 4.29. The van der Waals surface area contributed by atoms with Crippen LogP contribution in [0.3, 0.4) is 0 Å². The molecule has 2 bridgehead atoms. The molecule has 2 aliphatic heterocycles. The van der Waals surface area contributed by atoms with Gasteiger partial charge >= 0.3 is 0 Å². The van der Waals surface area contributed by atoms with E-state index in [1.807, 2.05) is 24.3 Å². The van der Waals surface area contributed by atoms with Gasteiger partial charge in [-0.05, 0) is 56.2 Å². The van der Waals surface area contributed by atoms with E-state index in [0.29, 0.717) is 29.2 Å². The number of fused-ring (bicyclic) bond motifs is 2.